The van der Waals surface area contributed by atoms with E-state index in [2.05, 4.69) is 33.4 Å². The van der Waals surface area contributed by atoms with Crippen LogP contribution in [0.3, 0.4) is 0 Å². The van der Waals surface area contributed by atoms with Crippen LogP contribution in [0.1, 0.15) is 62.9 Å². The van der Waals surface area contributed by atoms with Gasteiger partial charge in [-0.1, -0.05) is 19.4 Å². The lowest BCUT2D eigenvalue weighted by Crippen LogP contribution is -2.63. The summed E-state index contributed by atoms with van der Waals surface area (Å²) in [6.45, 7) is 4.67. The van der Waals surface area contributed by atoms with Gasteiger partial charge in [0, 0.05) is 37.0 Å². The van der Waals surface area contributed by atoms with Gasteiger partial charge in [0.25, 0.3) is 5.91 Å². The summed E-state index contributed by atoms with van der Waals surface area (Å²) in [5.41, 5.74) is 2.59. The topological polar surface area (TPSA) is 113 Å². The Balaban J connectivity index is 1.13. The van der Waals surface area contributed by atoms with Gasteiger partial charge in [-0.3, -0.25) is 14.8 Å². The Morgan fingerprint density at radius 1 is 1.17 bits per heavy atom. The van der Waals surface area contributed by atoms with E-state index in [1.165, 1.54) is 17.7 Å². The lowest BCUT2D eigenvalue weighted by molar-refractivity contribution is -0.181. The smallest absolute Gasteiger partial charge is 0.252 e. The van der Waals surface area contributed by atoms with E-state index in [1.807, 2.05) is 17.8 Å². The Morgan fingerprint density at radius 2 is 1.98 bits per heavy atom. The van der Waals surface area contributed by atoms with E-state index in [0.717, 1.165) is 48.3 Å². The SMILES string of the molecule is C[C@]12Cc3cnn(-c4ccc(F)cc4)c3C=C1CCC1C2C(O)C[C@@]2(C)C1CC[C@]2(O)C(=O)NCCc1cnccn1. The molecule has 2 heterocycles. The highest BCUT2D eigenvalue weighted by molar-refractivity contribution is 5.86. The predicted octanol–water partition coefficient (Wildman–Crippen LogP) is 4.04. The first-order valence-corrected chi connectivity index (χ1v) is 15.1. The van der Waals surface area contributed by atoms with Crippen molar-refractivity contribution in [2.75, 3.05) is 6.54 Å². The van der Waals surface area contributed by atoms with Crippen LogP contribution in [0.15, 0.2) is 54.6 Å². The van der Waals surface area contributed by atoms with Crippen molar-refractivity contribution in [2.45, 2.75) is 70.5 Å². The molecule has 42 heavy (non-hydrogen) atoms. The summed E-state index contributed by atoms with van der Waals surface area (Å²) in [6.07, 6.45) is 13.1. The number of carbonyl (C=O) groups excluding carboxylic acids is 1. The number of aliphatic hydroxyl groups excluding tert-OH is 1. The molecule has 1 amide bonds. The number of aromatic nitrogens is 4. The monoisotopic (exact) mass is 571 g/mol. The van der Waals surface area contributed by atoms with Crippen molar-refractivity contribution in [3.8, 4) is 5.69 Å². The first-order chi connectivity index (χ1) is 20.1. The molecule has 8 nitrogen and oxygen atoms in total. The minimum Gasteiger partial charge on any atom is -0.393 e. The molecule has 3 fully saturated rings. The van der Waals surface area contributed by atoms with E-state index in [4.69, 9.17) is 0 Å². The Hall–Kier alpha value is -3.43. The van der Waals surface area contributed by atoms with Crippen molar-refractivity contribution in [2.24, 2.45) is 28.6 Å². The van der Waals surface area contributed by atoms with Gasteiger partial charge in [-0.2, -0.15) is 5.10 Å². The van der Waals surface area contributed by atoms with Crippen molar-refractivity contribution in [1.82, 2.24) is 25.1 Å². The van der Waals surface area contributed by atoms with Crippen LogP contribution < -0.4 is 5.32 Å². The standard InChI is InChI=1S/C33H38FN5O3/c1-31-16-20-18-38-39(24-6-4-22(34)5-7-24)27(20)15-21(31)3-8-25-26-9-11-33(42,32(26,2)17-28(40)29(25)31)30(41)37-12-10-23-19-35-13-14-36-23/h4-7,13-15,18-19,25-26,28-29,40,42H,3,8-12,16-17H2,1-2H3,(H,37,41)/t25?,26?,28?,29?,31-,32-,33-/m0/s1. The van der Waals surface area contributed by atoms with Crippen LogP contribution >= 0.6 is 0 Å². The molecular formula is C33H38FN5O3. The van der Waals surface area contributed by atoms with E-state index in [0.29, 0.717) is 25.8 Å². The average molecular weight is 572 g/mol. The molecule has 3 aromatic rings. The molecule has 0 radical (unpaired) electrons. The van der Waals surface area contributed by atoms with E-state index in [9.17, 15) is 19.4 Å². The maximum Gasteiger partial charge on any atom is 0.252 e. The minimum absolute atomic E-state index is 0.0277. The Kier molecular flexibility index (Phi) is 6.40. The highest BCUT2D eigenvalue weighted by Gasteiger charge is 2.68. The number of aliphatic hydroxyl groups is 2. The highest BCUT2D eigenvalue weighted by atomic mass is 19.1. The molecule has 7 atom stereocenters. The van der Waals surface area contributed by atoms with Crippen LogP contribution in [0.5, 0.6) is 0 Å². The first kappa shape index (κ1) is 27.4. The summed E-state index contributed by atoms with van der Waals surface area (Å²) in [5.74, 6) is -0.250. The van der Waals surface area contributed by atoms with Crippen molar-refractivity contribution in [3.63, 3.8) is 0 Å². The molecule has 3 N–H and O–H groups in total. The fourth-order valence-corrected chi connectivity index (χ4v) is 9.26. The van der Waals surface area contributed by atoms with Crippen molar-refractivity contribution >= 4 is 12.0 Å². The fourth-order valence-electron chi connectivity index (χ4n) is 9.26. The van der Waals surface area contributed by atoms with Crippen LogP contribution in [0.2, 0.25) is 0 Å². The second kappa shape index (κ2) is 9.81. The highest BCUT2D eigenvalue weighted by Crippen LogP contribution is 2.67. The number of allylic oxidation sites excluding steroid dienone is 1. The van der Waals surface area contributed by atoms with Gasteiger partial charge in [0.2, 0.25) is 0 Å². The predicted molar refractivity (Wildman–Crippen MR) is 155 cm³/mol. The molecule has 0 aliphatic heterocycles. The molecule has 4 aliphatic rings. The van der Waals surface area contributed by atoms with E-state index >= 15 is 0 Å². The van der Waals surface area contributed by atoms with Gasteiger partial charge in [-0.05, 0) is 97.6 Å². The van der Waals surface area contributed by atoms with Gasteiger partial charge in [0.1, 0.15) is 11.4 Å². The molecule has 7 rings (SSSR count). The van der Waals surface area contributed by atoms with Gasteiger partial charge in [0.15, 0.2) is 0 Å². The van der Waals surface area contributed by atoms with E-state index in [1.54, 1.807) is 30.7 Å². The van der Waals surface area contributed by atoms with E-state index in [-0.39, 0.29) is 34.9 Å². The summed E-state index contributed by atoms with van der Waals surface area (Å²) in [4.78, 5) is 21.9. The second-order valence-corrected chi connectivity index (χ2v) is 13.3. The van der Waals surface area contributed by atoms with Gasteiger partial charge >= 0.3 is 0 Å². The number of fused-ring (bicyclic) bond motifs is 6. The number of hydrogen-bond acceptors (Lipinski definition) is 6. The summed E-state index contributed by atoms with van der Waals surface area (Å²) < 4.78 is 15.4. The number of halogens is 1. The van der Waals surface area contributed by atoms with Gasteiger partial charge in [0.05, 0.1) is 29.4 Å². The van der Waals surface area contributed by atoms with E-state index < -0.39 is 17.1 Å². The molecule has 3 saturated carbocycles. The van der Waals surface area contributed by atoms with Crippen LogP contribution in [0.25, 0.3) is 11.8 Å². The third-order valence-electron chi connectivity index (χ3n) is 11.3. The normalized spacial score (nSPS) is 34.9. The summed E-state index contributed by atoms with van der Waals surface area (Å²) >= 11 is 0. The zero-order valence-corrected chi connectivity index (χ0v) is 24.1. The molecule has 2 aromatic heterocycles. The van der Waals surface area contributed by atoms with Crippen molar-refractivity contribution < 1.29 is 19.4 Å². The molecule has 4 unspecified atom stereocenters. The number of benzene rings is 1. The number of amides is 1. The molecule has 0 bridgehead atoms. The fraction of sp³-hybridized carbons (Fsp3) is 0.515. The third-order valence-corrected chi connectivity index (χ3v) is 11.3. The zero-order valence-electron chi connectivity index (χ0n) is 24.1. The Morgan fingerprint density at radius 3 is 2.74 bits per heavy atom. The summed E-state index contributed by atoms with van der Waals surface area (Å²) in [7, 11) is 0. The number of nitrogens with one attached hydrogen (secondary N) is 1. The number of hydrogen-bond donors (Lipinski definition) is 3. The zero-order chi connectivity index (χ0) is 29.3. The molecule has 220 valence electrons. The minimum atomic E-state index is -1.53. The maximum absolute atomic E-state index is 13.6. The maximum atomic E-state index is 13.6. The van der Waals surface area contributed by atoms with Crippen LogP contribution in [0.4, 0.5) is 4.39 Å². The Bertz CT molecular complexity index is 1540. The molecule has 9 heteroatoms. The largest absolute Gasteiger partial charge is 0.393 e. The van der Waals surface area contributed by atoms with Gasteiger partial charge in [-0.15, -0.1) is 0 Å². The van der Waals surface area contributed by atoms with Gasteiger partial charge in [-0.25, -0.2) is 9.07 Å². The Labute approximate surface area is 245 Å². The first-order valence-electron chi connectivity index (χ1n) is 15.1. The quantitative estimate of drug-likeness (QED) is 0.426. The van der Waals surface area contributed by atoms with Crippen molar-refractivity contribution in [1.29, 1.82) is 0 Å². The van der Waals surface area contributed by atoms with Crippen LogP contribution in [-0.2, 0) is 17.6 Å². The number of nitrogens with zero attached hydrogens (tertiary/aromatic N) is 4. The molecule has 0 saturated heterocycles. The van der Waals surface area contributed by atoms with Crippen molar-refractivity contribution in [3.05, 3.63) is 77.4 Å². The van der Waals surface area contributed by atoms with Crippen LogP contribution in [-0.4, -0.2) is 54.1 Å². The number of carbonyl (C=O) groups is 1. The second-order valence-electron chi connectivity index (χ2n) is 13.3. The number of rotatable bonds is 5. The lowest BCUT2D eigenvalue weighted by atomic mass is 9.45. The molecule has 0 spiro atoms. The van der Waals surface area contributed by atoms with Crippen LogP contribution in [0, 0.1) is 34.4 Å². The molecule has 1 aromatic carbocycles. The molecule has 4 aliphatic carbocycles. The summed E-state index contributed by atoms with van der Waals surface area (Å²) in [6, 6.07) is 6.38. The third kappa shape index (κ3) is 4.00. The average Bonchev–Trinajstić information content (AvgIpc) is 3.49. The lowest BCUT2D eigenvalue weighted by Gasteiger charge is -2.60. The molecular weight excluding hydrogens is 533 g/mol. The summed E-state index contributed by atoms with van der Waals surface area (Å²) in [5, 5.41) is 31.5. The van der Waals surface area contributed by atoms with Gasteiger partial charge < -0.3 is 15.5 Å².